The molecule has 12 heteroatoms. The van der Waals surface area contributed by atoms with Gasteiger partial charge in [0.2, 0.25) is 5.13 Å². The lowest BCUT2D eigenvalue weighted by Crippen LogP contribution is -2.47. The third-order valence-electron chi connectivity index (χ3n) is 6.69. The Morgan fingerprint density at radius 1 is 1.16 bits per heavy atom. The van der Waals surface area contributed by atoms with Gasteiger partial charge in [-0.3, -0.25) is 9.89 Å². The molecule has 0 unspecified atom stereocenters. The molecule has 32 heavy (non-hydrogen) atoms. The number of fused-ring (bicyclic) bond motifs is 3. The number of piperidine rings is 1. The standard InChI is InChI=1S/C20H22N8OS2.ClH/c1-26-12-3-4-13(26)6-14(5-12)27(2)19-24-17-18(30-19)25-20(31-17)28-10-21-15(7-16(28)29)11-8-22-23-9-11;/h7-10,12-14H,3-6H2,1-2H3,(H,22,23);1H/t12-,13+,14-;. The van der Waals surface area contributed by atoms with E-state index in [0.717, 1.165) is 20.4 Å². The van der Waals surface area contributed by atoms with E-state index in [4.69, 9.17) is 4.98 Å². The lowest BCUT2D eigenvalue weighted by molar-refractivity contribution is 0.161. The monoisotopic (exact) mass is 490 g/mol. The number of nitrogens with one attached hydrogen (secondary N) is 1. The van der Waals surface area contributed by atoms with E-state index in [2.05, 4.69) is 44.1 Å². The van der Waals surface area contributed by atoms with Gasteiger partial charge in [-0.15, -0.1) is 12.4 Å². The van der Waals surface area contributed by atoms with E-state index in [1.54, 1.807) is 23.7 Å². The van der Waals surface area contributed by atoms with E-state index < -0.39 is 0 Å². The van der Waals surface area contributed by atoms with Crippen molar-refractivity contribution in [3.8, 4) is 16.4 Å². The van der Waals surface area contributed by atoms with Crippen molar-refractivity contribution in [1.29, 1.82) is 0 Å². The number of H-pyrrole nitrogens is 1. The molecule has 2 aliphatic heterocycles. The molecule has 1 N–H and O–H groups in total. The Morgan fingerprint density at radius 2 is 1.91 bits per heavy atom. The van der Waals surface area contributed by atoms with Crippen LogP contribution in [0.5, 0.6) is 0 Å². The highest BCUT2D eigenvalue weighted by Crippen LogP contribution is 2.39. The molecule has 2 saturated heterocycles. The van der Waals surface area contributed by atoms with Gasteiger partial charge >= 0.3 is 0 Å². The van der Waals surface area contributed by atoms with Gasteiger partial charge in [0.25, 0.3) is 5.56 Å². The normalized spacial score (nSPS) is 22.9. The summed E-state index contributed by atoms with van der Waals surface area (Å²) < 4.78 is 1.47. The first-order valence-corrected chi connectivity index (χ1v) is 12.0. The highest BCUT2D eigenvalue weighted by molar-refractivity contribution is 7.29. The minimum absolute atomic E-state index is 0. The average Bonchev–Trinajstić information content (AvgIpc) is 3.51. The van der Waals surface area contributed by atoms with Crippen LogP contribution in [0.1, 0.15) is 25.7 Å². The maximum absolute atomic E-state index is 12.6. The molecule has 6 heterocycles. The Hall–Kier alpha value is -2.34. The number of nitrogens with zero attached hydrogens (tertiary/aromatic N) is 7. The minimum atomic E-state index is -0.174. The largest absolute Gasteiger partial charge is 0.348 e. The molecule has 0 aliphatic carbocycles. The molecule has 4 aromatic rings. The number of halogens is 1. The lowest BCUT2D eigenvalue weighted by Gasteiger charge is -2.40. The molecule has 6 rings (SSSR count). The summed E-state index contributed by atoms with van der Waals surface area (Å²) in [7, 11) is 4.42. The van der Waals surface area contributed by atoms with E-state index in [9.17, 15) is 4.79 Å². The Balaban J connectivity index is 0.00000216. The van der Waals surface area contributed by atoms with Gasteiger partial charge in [-0.1, -0.05) is 22.7 Å². The zero-order valence-corrected chi connectivity index (χ0v) is 20.1. The van der Waals surface area contributed by atoms with E-state index in [0.29, 0.717) is 29.0 Å². The van der Waals surface area contributed by atoms with Crippen molar-refractivity contribution in [1.82, 2.24) is 34.6 Å². The quantitative estimate of drug-likeness (QED) is 0.469. The molecular weight excluding hydrogens is 468 g/mol. The molecule has 0 aromatic carbocycles. The first-order valence-electron chi connectivity index (χ1n) is 10.4. The van der Waals surface area contributed by atoms with Crippen LogP contribution < -0.4 is 10.5 Å². The van der Waals surface area contributed by atoms with Gasteiger partial charge in [0.15, 0.2) is 14.8 Å². The van der Waals surface area contributed by atoms with Crippen molar-refractivity contribution in [3.63, 3.8) is 0 Å². The number of anilines is 1. The van der Waals surface area contributed by atoms with Gasteiger partial charge < -0.3 is 9.80 Å². The fraction of sp³-hybridized carbons (Fsp3) is 0.450. The van der Waals surface area contributed by atoms with Gasteiger partial charge in [-0.25, -0.2) is 19.5 Å². The summed E-state index contributed by atoms with van der Waals surface area (Å²) in [5.41, 5.74) is 1.19. The van der Waals surface area contributed by atoms with Crippen molar-refractivity contribution < 1.29 is 0 Å². The second kappa shape index (κ2) is 8.22. The molecule has 2 fully saturated rings. The number of hydrogen-bond donors (Lipinski definition) is 1. The highest BCUT2D eigenvalue weighted by atomic mass is 35.5. The smallest absolute Gasteiger partial charge is 0.260 e. The Morgan fingerprint density at radius 3 is 2.56 bits per heavy atom. The molecule has 9 nitrogen and oxygen atoms in total. The summed E-state index contributed by atoms with van der Waals surface area (Å²) in [4.78, 5) is 33.2. The molecule has 0 saturated carbocycles. The maximum Gasteiger partial charge on any atom is 0.260 e. The lowest BCUT2D eigenvalue weighted by atomic mass is 9.97. The summed E-state index contributed by atoms with van der Waals surface area (Å²) >= 11 is 3.02. The summed E-state index contributed by atoms with van der Waals surface area (Å²) in [6.07, 6.45) is 9.89. The second-order valence-corrected chi connectivity index (χ2v) is 10.3. The van der Waals surface area contributed by atoms with Crippen molar-refractivity contribution in [3.05, 3.63) is 35.1 Å². The van der Waals surface area contributed by atoms with Crippen molar-refractivity contribution in [2.75, 3.05) is 19.0 Å². The Bertz CT molecular complexity index is 1250. The zero-order chi connectivity index (χ0) is 21.1. The SMILES string of the molecule is CN(c1nc2sc(-n3cnc(-c4cn[nH]c4)cc3=O)nc2s1)[C@@H]1C[C@H]2CC[C@@H](C1)N2C.Cl. The van der Waals surface area contributed by atoms with E-state index >= 15 is 0 Å². The molecule has 3 atom stereocenters. The maximum atomic E-state index is 12.6. The van der Waals surface area contributed by atoms with Gasteiger partial charge in [0.05, 0.1) is 11.9 Å². The first kappa shape index (κ1) is 21.5. The molecular formula is C20H23ClN8OS2. The molecule has 4 aromatic heterocycles. The van der Waals surface area contributed by atoms with E-state index in [1.165, 1.54) is 54.0 Å². The van der Waals surface area contributed by atoms with Crippen molar-refractivity contribution in [2.24, 2.45) is 0 Å². The average molecular weight is 491 g/mol. The second-order valence-electron chi connectivity index (χ2n) is 8.36. The third-order valence-corrected chi connectivity index (χ3v) is 8.80. The van der Waals surface area contributed by atoms with E-state index in [-0.39, 0.29) is 18.0 Å². The highest BCUT2D eigenvalue weighted by Gasteiger charge is 2.40. The summed E-state index contributed by atoms with van der Waals surface area (Å²) in [5, 5.41) is 8.24. The van der Waals surface area contributed by atoms with Crippen LogP contribution in [0.2, 0.25) is 0 Å². The summed E-state index contributed by atoms with van der Waals surface area (Å²) in [6.45, 7) is 0. The summed E-state index contributed by atoms with van der Waals surface area (Å²) in [5.74, 6) is 0. The van der Waals surface area contributed by atoms with Gasteiger partial charge in [0, 0.05) is 43.0 Å². The fourth-order valence-corrected chi connectivity index (χ4v) is 6.87. The molecule has 0 amide bonds. The predicted molar refractivity (Wildman–Crippen MR) is 130 cm³/mol. The van der Waals surface area contributed by atoms with Gasteiger partial charge in [-0.05, 0) is 32.7 Å². The topological polar surface area (TPSA) is 95.8 Å². The zero-order valence-electron chi connectivity index (χ0n) is 17.6. The minimum Gasteiger partial charge on any atom is -0.348 e. The van der Waals surface area contributed by atoms with Crippen LogP contribution in [-0.2, 0) is 0 Å². The molecule has 2 bridgehead atoms. The van der Waals surface area contributed by atoms with Crippen LogP contribution in [0, 0.1) is 0 Å². The van der Waals surface area contributed by atoms with Crippen LogP contribution >= 0.6 is 35.1 Å². The molecule has 168 valence electrons. The fourth-order valence-electron chi connectivity index (χ4n) is 4.82. The third kappa shape index (κ3) is 3.53. The number of rotatable bonds is 4. The van der Waals surface area contributed by atoms with Gasteiger partial charge in [0.1, 0.15) is 6.33 Å². The molecule has 0 radical (unpaired) electrons. The summed E-state index contributed by atoms with van der Waals surface area (Å²) in [6, 6.07) is 3.42. The van der Waals surface area contributed by atoms with Crippen LogP contribution in [0.4, 0.5) is 5.13 Å². The Kier molecular flexibility index (Phi) is 5.52. The molecule has 2 aliphatic rings. The molecule has 0 spiro atoms. The number of aromatic amines is 1. The van der Waals surface area contributed by atoms with Crippen LogP contribution in [0.25, 0.3) is 26.0 Å². The number of hydrogen-bond acceptors (Lipinski definition) is 9. The Labute approximate surface area is 198 Å². The number of aromatic nitrogens is 6. The van der Waals surface area contributed by atoms with E-state index in [1.807, 2.05) is 0 Å². The number of thiazole rings is 2. The van der Waals surface area contributed by atoms with Crippen molar-refractivity contribution in [2.45, 2.75) is 43.8 Å². The van der Waals surface area contributed by atoms with Crippen molar-refractivity contribution >= 4 is 49.9 Å². The van der Waals surface area contributed by atoms with Crippen LogP contribution in [-0.4, -0.2) is 66.8 Å². The first-order chi connectivity index (χ1) is 15.1. The predicted octanol–water partition coefficient (Wildman–Crippen LogP) is 3.17. The van der Waals surface area contributed by atoms with Crippen LogP contribution in [0.3, 0.4) is 0 Å². The van der Waals surface area contributed by atoms with Gasteiger partial charge in [-0.2, -0.15) is 5.10 Å². The van der Waals surface area contributed by atoms with Crippen LogP contribution in [0.15, 0.2) is 29.6 Å².